The van der Waals surface area contributed by atoms with Crippen LogP contribution in [0.3, 0.4) is 0 Å². The Bertz CT molecular complexity index is 718. The van der Waals surface area contributed by atoms with E-state index in [2.05, 4.69) is 96.4 Å². The number of hydrogen-bond acceptors (Lipinski definition) is 0. The van der Waals surface area contributed by atoms with Crippen molar-refractivity contribution in [2.75, 3.05) is 0 Å². The van der Waals surface area contributed by atoms with Crippen molar-refractivity contribution in [2.24, 2.45) is 0 Å². The Morgan fingerprint density at radius 2 is 1.00 bits per heavy atom. The number of rotatable bonds is 0. The maximum atomic E-state index is 2.40. The molecular formula is C20H20Cl2GeHf-2. The summed E-state index contributed by atoms with van der Waals surface area (Å²) in [4.78, 5) is 0. The van der Waals surface area contributed by atoms with Crippen molar-refractivity contribution in [1.82, 2.24) is 0 Å². The molecule has 0 bridgehead atoms. The summed E-state index contributed by atoms with van der Waals surface area (Å²) in [6.45, 7) is 0. The first-order valence-corrected chi connectivity index (χ1v) is 22.0. The molecule has 4 rings (SSSR count). The van der Waals surface area contributed by atoms with E-state index >= 15 is 0 Å². The van der Waals surface area contributed by atoms with E-state index in [0.29, 0.717) is 0 Å². The summed E-state index contributed by atoms with van der Waals surface area (Å²) >= 11 is 1.52. The van der Waals surface area contributed by atoms with Crippen molar-refractivity contribution in [1.29, 1.82) is 0 Å². The molecule has 0 saturated carbocycles. The Labute approximate surface area is 172 Å². The summed E-state index contributed by atoms with van der Waals surface area (Å²) < 4.78 is 0. The van der Waals surface area contributed by atoms with Crippen LogP contribution in [0, 0.1) is 0 Å². The van der Waals surface area contributed by atoms with Gasteiger partial charge in [-0.15, -0.1) is 59.3 Å². The molecule has 0 aliphatic rings. The first-order valence-electron chi connectivity index (χ1n) is 7.39. The zero-order valence-electron chi connectivity index (χ0n) is 13.8. The molecule has 24 heavy (non-hydrogen) atoms. The van der Waals surface area contributed by atoms with Gasteiger partial charge in [0.1, 0.15) is 0 Å². The van der Waals surface area contributed by atoms with E-state index in [9.17, 15) is 0 Å². The number of hydrogen-bond donors (Lipinski definition) is 0. The standard InChI is InChI=1S/2C9H7.C2H6Ge.2ClH.Hf/c2*1-2-5-9-7-3-6-8(9)4-1;1-3-2;;;/h2*1-7H;1-2H3;2*1H;/q2*-1;;;;+2/p-2. The van der Waals surface area contributed by atoms with E-state index in [4.69, 9.17) is 0 Å². The summed E-state index contributed by atoms with van der Waals surface area (Å²) in [5.41, 5.74) is 0. The van der Waals surface area contributed by atoms with Crippen LogP contribution in [0.5, 0.6) is 0 Å². The molecule has 4 aromatic carbocycles. The Morgan fingerprint density at radius 3 is 1.33 bits per heavy atom. The van der Waals surface area contributed by atoms with Gasteiger partial charge < -0.3 is 24.8 Å². The second kappa shape index (κ2) is 12.9. The van der Waals surface area contributed by atoms with Crippen molar-refractivity contribution in [2.45, 2.75) is 11.5 Å². The second-order valence-corrected chi connectivity index (χ2v) is 28.2. The van der Waals surface area contributed by atoms with E-state index in [1.807, 2.05) is 0 Å². The number of benzene rings is 2. The van der Waals surface area contributed by atoms with Crippen LogP contribution in [0.2, 0.25) is 11.5 Å². The fourth-order valence-electron chi connectivity index (χ4n) is 2.14. The van der Waals surface area contributed by atoms with Gasteiger partial charge in [0, 0.05) is 0 Å². The van der Waals surface area contributed by atoms with Gasteiger partial charge in [-0.1, -0.05) is 12.1 Å². The van der Waals surface area contributed by atoms with Gasteiger partial charge >= 0.3 is 42.8 Å². The molecule has 0 radical (unpaired) electrons. The molecule has 0 aliphatic heterocycles. The zero-order valence-corrected chi connectivity index (χ0v) is 21.0. The smallest absolute Gasteiger partial charge is 0.0809 e. The summed E-state index contributed by atoms with van der Waals surface area (Å²) in [7, 11) is -0.194. The summed E-state index contributed by atoms with van der Waals surface area (Å²) in [6.07, 6.45) is 0. The monoisotopic (exact) mass is 584 g/mol. The normalized spacial score (nSPS) is 8.83. The molecule has 4 aromatic rings. The molecule has 124 valence electrons. The predicted molar refractivity (Wildman–Crippen MR) is 96.6 cm³/mol. The molecule has 0 fully saturated rings. The quantitative estimate of drug-likeness (QED) is 0.201. The molecule has 0 aliphatic carbocycles. The SMILES string of the molecule is [CH3][Ge]([CH3])=[Hf+2].[Cl-].[Cl-].c1ccc2[cH-]ccc2c1.c1ccc2[cH-]ccc2c1. The summed E-state index contributed by atoms with van der Waals surface area (Å²) in [5.74, 6) is 4.79. The Morgan fingerprint density at radius 1 is 0.667 bits per heavy atom. The predicted octanol–water partition coefficient (Wildman–Crippen LogP) is -0.0903. The molecule has 4 heteroatoms. The molecule has 0 atom stereocenters. The molecule has 0 heterocycles. The van der Waals surface area contributed by atoms with Crippen LogP contribution < -0.4 is 24.8 Å². The van der Waals surface area contributed by atoms with Gasteiger partial charge in [0.25, 0.3) is 0 Å². The number of halogens is 2. The third kappa shape index (κ3) is 8.16. The van der Waals surface area contributed by atoms with Crippen molar-refractivity contribution in [3.63, 3.8) is 0 Å². The third-order valence-corrected chi connectivity index (χ3v) is 3.10. The topological polar surface area (TPSA) is 0 Å². The van der Waals surface area contributed by atoms with Crippen molar-refractivity contribution in [3.05, 3.63) is 84.9 Å². The van der Waals surface area contributed by atoms with Gasteiger partial charge in [0.05, 0.1) is 0 Å². The maximum Gasteiger partial charge on any atom is -0.0809 e. The van der Waals surface area contributed by atoms with Gasteiger partial charge in [-0.3, -0.25) is 0 Å². The molecule has 0 saturated heterocycles. The van der Waals surface area contributed by atoms with Crippen LogP contribution >= 0.6 is 0 Å². The van der Waals surface area contributed by atoms with Crippen LogP contribution in [0.1, 0.15) is 0 Å². The molecule has 0 amide bonds. The minimum absolute atomic E-state index is 0. The first kappa shape index (κ1) is 23.7. The minimum Gasteiger partial charge on any atom is -1.00 e. The Balaban J connectivity index is 0.000000341. The Kier molecular flexibility index (Phi) is 12.7. The maximum absolute atomic E-state index is 2.40. The average Bonchev–Trinajstić information content (AvgIpc) is 3.16. The van der Waals surface area contributed by atoms with Crippen molar-refractivity contribution in [3.8, 4) is 0 Å². The Hall–Kier alpha value is -0.347. The van der Waals surface area contributed by atoms with Crippen LogP contribution in [-0.2, 0) is 21.3 Å². The van der Waals surface area contributed by atoms with Crippen LogP contribution in [-0.4, -0.2) is 10.1 Å². The summed E-state index contributed by atoms with van der Waals surface area (Å²) in [5, 5.41) is 5.32. The van der Waals surface area contributed by atoms with Gasteiger partial charge in [0.2, 0.25) is 0 Å². The van der Waals surface area contributed by atoms with Gasteiger partial charge in [0.15, 0.2) is 0 Å². The molecule has 0 unspecified atom stereocenters. The largest absolute Gasteiger partial charge is 1.00 e. The van der Waals surface area contributed by atoms with Crippen LogP contribution in [0.25, 0.3) is 21.5 Å². The molecule has 0 N–H and O–H groups in total. The second-order valence-electron chi connectivity index (χ2n) is 5.31. The van der Waals surface area contributed by atoms with E-state index in [1.54, 1.807) is 0 Å². The van der Waals surface area contributed by atoms with Crippen molar-refractivity contribution < 1.29 is 46.1 Å². The summed E-state index contributed by atoms with van der Waals surface area (Å²) in [6, 6.07) is 29.3. The molecule has 0 nitrogen and oxygen atoms in total. The van der Waals surface area contributed by atoms with E-state index in [1.165, 1.54) is 42.8 Å². The third-order valence-electron chi connectivity index (χ3n) is 3.10. The first-order chi connectivity index (χ1) is 10.7. The fourth-order valence-corrected chi connectivity index (χ4v) is 2.14. The molecular weight excluding hydrogens is 562 g/mol. The van der Waals surface area contributed by atoms with Gasteiger partial charge in [-0.2, -0.15) is 35.0 Å². The minimum atomic E-state index is -0.194. The zero-order chi connectivity index (χ0) is 15.8. The van der Waals surface area contributed by atoms with E-state index in [0.717, 1.165) is 0 Å². The van der Waals surface area contributed by atoms with Gasteiger partial charge in [-0.05, 0) is 0 Å². The van der Waals surface area contributed by atoms with Crippen LogP contribution in [0.4, 0.5) is 0 Å². The van der Waals surface area contributed by atoms with E-state index in [-0.39, 0.29) is 34.9 Å². The number of fused-ring (bicyclic) bond motifs is 2. The molecule has 0 aromatic heterocycles. The van der Waals surface area contributed by atoms with Crippen LogP contribution in [0.15, 0.2) is 84.9 Å². The fraction of sp³-hybridized carbons (Fsp3) is 0.100. The van der Waals surface area contributed by atoms with E-state index < -0.39 is 0 Å². The van der Waals surface area contributed by atoms with Gasteiger partial charge in [-0.25, -0.2) is 0 Å². The molecule has 0 spiro atoms. The van der Waals surface area contributed by atoms with Crippen molar-refractivity contribution >= 4 is 31.6 Å². The average molecular weight is 582 g/mol.